The largest absolute Gasteiger partial charge is 0.378 e. The Morgan fingerprint density at radius 1 is 1.00 bits per heavy atom. The van der Waals surface area contributed by atoms with E-state index < -0.39 is 0 Å². The second kappa shape index (κ2) is 8.43. The van der Waals surface area contributed by atoms with Crippen LogP contribution in [0, 0.1) is 11.6 Å². The molecule has 0 radical (unpaired) electrons. The van der Waals surface area contributed by atoms with Crippen molar-refractivity contribution < 1.29 is 13.6 Å². The number of hydrogen-bond acceptors (Lipinski definition) is 3. The second-order valence-corrected chi connectivity index (χ2v) is 4.55. The van der Waals surface area contributed by atoms with E-state index in [1.54, 1.807) is 30.9 Å². The number of nitrogens with zero attached hydrogens (tertiary/aromatic N) is 1. The summed E-state index contributed by atoms with van der Waals surface area (Å²) in [4.78, 5) is 18.2. The smallest absolute Gasteiger partial charge is 0.181 e. The predicted molar refractivity (Wildman–Crippen MR) is 84.2 cm³/mol. The molecule has 1 heterocycles. The van der Waals surface area contributed by atoms with Gasteiger partial charge < -0.3 is 10.3 Å². The van der Waals surface area contributed by atoms with Gasteiger partial charge in [0.2, 0.25) is 0 Å². The number of H-pyrrole nitrogens is 1. The molecular formula is C17H15F2N3O. The van der Waals surface area contributed by atoms with E-state index in [2.05, 4.69) is 15.3 Å². The number of imidazole rings is 1. The van der Waals surface area contributed by atoms with Crippen molar-refractivity contribution in [2.24, 2.45) is 0 Å². The molecular weight excluding hydrogens is 300 g/mol. The maximum absolute atomic E-state index is 12.7. The van der Waals surface area contributed by atoms with E-state index in [9.17, 15) is 13.6 Å². The first-order chi connectivity index (χ1) is 11.1. The number of hydrogen-bond donors (Lipinski definition) is 2. The van der Waals surface area contributed by atoms with E-state index in [0.29, 0.717) is 11.3 Å². The van der Waals surface area contributed by atoms with Crippen LogP contribution in [0.3, 0.4) is 0 Å². The highest BCUT2D eigenvalue weighted by Crippen LogP contribution is 2.09. The average Bonchev–Trinajstić information content (AvgIpc) is 3.14. The Morgan fingerprint density at radius 2 is 1.61 bits per heavy atom. The summed E-state index contributed by atoms with van der Waals surface area (Å²) in [6.45, 7) is 0.0806. The van der Waals surface area contributed by atoms with Crippen molar-refractivity contribution in [3.05, 3.63) is 84.4 Å². The Hall–Kier alpha value is -3.02. The molecule has 0 aliphatic heterocycles. The fourth-order valence-electron chi connectivity index (χ4n) is 1.70. The lowest BCUT2D eigenvalue weighted by Crippen LogP contribution is -2.13. The van der Waals surface area contributed by atoms with E-state index in [-0.39, 0.29) is 24.0 Å². The number of aromatic amines is 1. The highest BCUT2D eigenvalue weighted by Gasteiger charge is 2.05. The average molecular weight is 315 g/mol. The number of anilines is 1. The van der Waals surface area contributed by atoms with Gasteiger partial charge >= 0.3 is 0 Å². The zero-order valence-corrected chi connectivity index (χ0v) is 12.2. The SMILES string of the molecule is O=C(CNc1ccc(F)cc1)c1ccc(F)cc1.c1c[nH]cn1. The number of ketones is 1. The monoisotopic (exact) mass is 315 g/mol. The van der Waals surface area contributed by atoms with Crippen molar-refractivity contribution in [1.82, 2.24) is 9.97 Å². The van der Waals surface area contributed by atoms with Crippen molar-refractivity contribution in [1.29, 1.82) is 0 Å². The molecule has 0 unspecified atom stereocenters. The molecule has 0 saturated carbocycles. The molecule has 3 aromatic rings. The lowest BCUT2D eigenvalue weighted by molar-refractivity contribution is 0.101. The van der Waals surface area contributed by atoms with Crippen molar-refractivity contribution >= 4 is 11.5 Å². The first kappa shape index (κ1) is 16.4. The summed E-state index contributed by atoms with van der Waals surface area (Å²) >= 11 is 0. The highest BCUT2D eigenvalue weighted by molar-refractivity contribution is 5.98. The topological polar surface area (TPSA) is 57.8 Å². The lowest BCUT2D eigenvalue weighted by atomic mass is 10.1. The summed E-state index contributed by atoms with van der Waals surface area (Å²) in [7, 11) is 0. The van der Waals surface area contributed by atoms with Gasteiger partial charge in [0.15, 0.2) is 5.78 Å². The standard InChI is InChI=1S/C14H11F2NO.C3H4N2/c15-11-3-1-10(2-4-11)14(18)9-17-13-7-5-12(16)6-8-13;1-2-5-3-4-1/h1-8,17H,9H2;1-3H,(H,4,5). The number of rotatable bonds is 4. The summed E-state index contributed by atoms with van der Waals surface area (Å²) in [5.74, 6) is -0.859. The zero-order valence-electron chi connectivity index (χ0n) is 12.2. The molecule has 1 aromatic heterocycles. The van der Waals surface area contributed by atoms with E-state index >= 15 is 0 Å². The van der Waals surface area contributed by atoms with Gasteiger partial charge in [-0.05, 0) is 48.5 Å². The normalized spacial score (nSPS) is 9.65. The van der Waals surface area contributed by atoms with Crippen LogP contribution in [0.1, 0.15) is 10.4 Å². The van der Waals surface area contributed by atoms with Crippen LogP contribution >= 0.6 is 0 Å². The minimum Gasteiger partial charge on any atom is -0.378 e. The second-order valence-electron chi connectivity index (χ2n) is 4.55. The van der Waals surface area contributed by atoms with Gasteiger partial charge in [-0.2, -0.15) is 0 Å². The van der Waals surface area contributed by atoms with E-state index in [1.165, 1.54) is 36.4 Å². The van der Waals surface area contributed by atoms with Crippen LogP contribution in [0.25, 0.3) is 0 Å². The Kier molecular flexibility index (Phi) is 5.99. The van der Waals surface area contributed by atoms with Crippen molar-refractivity contribution in [3.63, 3.8) is 0 Å². The van der Waals surface area contributed by atoms with Crippen LogP contribution < -0.4 is 5.32 Å². The molecule has 3 rings (SSSR count). The van der Waals surface area contributed by atoms with E-state index in [4.69, 9.17) is 0 Å². The molecule has 0 fully saturated rings. The van der Waals surface area contributed by atoms with Gasteiger partial charge in [0, 0.05) is 23.6 Å². The number of halogens is 2. The molecule has 0 bridgehead atoms. The summed E-state index contributed by atoms with van der Waals surface area (Å²) in [5, 5.41) is 2.87. The van der Waals surface area contributed by atoms with Crippen LogP contribution in [0.15, 0.2) is 67.3 Å². The minimum atomic E-state index is -0.377. The summed E-state index contributed by atoms with van der Waals surface area (Å²) in [6, 6.07) is 11.1. The molecule has 118 valence electrons. The van der Waals surface area contributed by atoms with Gasteiger partial charge in [-0.1, -0.05) is 0 Å². The highest BCUT2D eigenvalue weighted by atomic mass is 19.1. The first-order valence-electron chi connectivity index (χ1n) is 6.86. The van der Waals surface area contributed by atoms with Crippen LogP contribution in [-0.4, -0.2) is 22.3 Å². The van der Waals surface area contributed by atoms with Crippen molar-refractivity contribution in [2.45, 2.75) is 0 Å². The molecule has 0 aliphatic rings. The van der Waals surface area contributed by atoms with Gasteiger partial charge in [-0.3, -0.25) is 4.79 Å². The molecule has 4 nitrogen and oxygen atoms in total. The molecule has 0 spiro atoms. The maximum Gasteiger partial charge on any atom is 0.181 e. The minimum absolute atomic E-state index is 0.0806. The zero-order chi connectivity index (χ0) is 16.5. The molecule has 0 atom stereocenters. The molecule has 6 heteroatoms. The molecule has 23 heavy (non-hydrogen) atoms. The van der Waals surface area contributed by atoms with Gasteiger partial charge in [-0.25, -0.2) is 13.8 Å². The predicted octanol–water partition coefficient (Wildman–Crippen LogP) is 3.67. The van der Waals surface area contributed by atoms with E-state index in [0.717, 1.165) is 0 Å². The number of aromatic nitrogens is 2. The Bertz CT molecular complexity index is 693. The van der Waals surface area contributed by atoms with Crippen LogP contribution in [0.2, 0.25) is 0 Å². The third kappa shape index (κ3) is 5.70. The first-order valence-corrected chi connectivity index (χ1v) is 6.86. The molecule has 2 N–H and O–H groups in total. The third-order valence-electron chi connectivity index (χ3n) is 2.87. The fourth-order valence-corrected chi connectivity index (χ4v) is 1.70. The summed E-state index contributed by atoms with van der Waals surface area (Å²) in [6.07, 6.45) is 5.08. The van der Waals surface area contributed by atoms with Crippen LogP contribution in [-0.2, 0) is 0 Å². The van der Waals surface area contributed by atoms with Gasteiger partial charge in [-0.15, -0.1) is 0 Å². The Balaban J connectivity index is 0.000000326. The lowest BCUT2D eigenvalue weighted by Gasteiger charge is -2.05. The number of nitrogens with one attached hydrogen (secondary N) is 2. The maximum atomic E-state index is 12.7. The van der Waals surface area contributed by atoms with E-state index in [1.807, 2.05) is 0 Å². The Labute approximate surface area is 132 Å². The summed E-state index contributed by atoms with van der Waals surface area (Å²) in [5.41, 5.74) is 1.10. The fraction of sp³-hybridized carbons (Fsp3) is 0.0588. The Morgan fingerprint density at radius 3 is 2.09 bits per heavy atom. The van der Waals surface area contributed by atoms with Gasteiger partial charge in [0.1, 0.15) is 11.6 Å². The van der Waals surface area contributed by atoms with Gasteiger partial charge in [0.25, 0.3) is 0 Å². The van der Waals surface area contributed by atoms with Crippen molar-refractivity contribution in [2.75, 3.05) is 11.9 Å². The third-order valence-corrected chi connectivity index (χ3v) is 2.87. The number of carbonyl (C=O) groups is 1. The number of benzene rings is 2. The molecule has 2 aromatic carbocycles. The quantitative estimate of drug-likeness (QED) is 0.722. The number of carbonyl (C=O) groups excluding carboxylic acids is 1. The van der Waals surface area contributed by atoms with Gasteiger partial charge in [0.05, 0.1) is 12.9 Å². The summed E-state index contributed by atoms with van der Waals surface area (Å²) < 4.78 is 25.3. The molecule has 0 aliphatic carbocycles. The molecule has 0 saturated heterocycles. The van der Waals surface area contributed by atoms with Crippen molar-refractivity contribution in [3.8, 4) is 0 Å². The molecule has 0 amide bonds. The van der Waals surface area contributed by atoms with Crippen LogP contribution in [0.5, 0.6) is 0 Å². The van der Waals surface area contributed by atoms with Crippen LogP contribution in [0.4, 0.5) is 14.5 Å². The number of Topliss-reactive ketones (excluding diaryl/α,β-unsaturated/α-hetero) is 1.